The van der Waals surface area contributed by atoms with E-state index < -0.39 is 16.2 Å². The molecule has 2 N–H and O–H groups in total. The van der Waals surface area contributed by atoms with E-state index >= 15 is 0 Å². The Bertz CT molecular complexity index is 2000. The minimum atomic E-state index is -4.26. The summed E-state index contributed by atoms with van der Waals surface area (Å²) in [6.45, 7) is 3.47. The van der Waals surface area contributed by atoms with Gasteiger partial charge in [0.05, 0.1) is 6.61 Å². The van der Waals surface area contributed by atoms with Gasteiger partial charge in [-0.05, 0) is 103 Å². The topological polar surface area (TPSA) is 102 Å². The molecular formula is C42H42O7S2. The molecule has 0 amide bonds. The Hall–Kier alpha value is -4.72. The normalized spacial score (nSPS) is 11.7. The second-order valence-corrected chi connectivity index (χ2v) is 14.4. The molecule has 5 aromatic rings. The molecular weight excluding hydrogens is 681 g/mol. The molecule has 51 heavy (non-hydrogen) atoms. The van der Waals surface area contributed by atoms with E-state index in [4.69, 9.17) is 13.7 Å². The zero-order valence-electron chi connectivity index (χ0n) is 28.5. The molecule has 1 atom stereocenters. The predicted octanol–water partition coefficient (Wildman–Crippen LogP) is 9.23. The van der Waals surface area contributed by atoms with Gasteiger partial charge in [0.15, 0.2) is 0 Å². The van der Waals surface area contributed by atoms with Crippen molar-refractivity contribution in [2.24, 2.45) is 0 Å². The monoisotopic (exact) mass is 722 g/mol. The van der Waals surface area contributed by atoms with Crippen LogP contribution in [-0.4, -0.2) is 38.5 Å². The van der Waals surface area contributed by atoms with Crippen molar-refractivity contribution in [1.29, 1.82) is 0 Å². The Kier molecular flexibility index (Phi) is 14.0. The van der Waals surface area contributed by atoms with Gasteiger partial charge in [0.25, 0.3) is 0 Å². The van der Waals surface area contributed by atoms with Crippen molar-refractivity contribution in [3.63, 3.8) is 0 Å². The standard InChI is InChI=1S/C42H42O7S2/c1-2-3-30-48-35-23-25-37(26-24-35)50-41-27-20-33(31-42(41)51(45,46)49-36-13-5-4-6-14-36)38-15-7-8-16-39(38)40(44)17-11-29-47-28-10-9-12-32-18-21-34(43)22-19-32/h4-8,13-16,18-27,31,40,43-44H,2-3,9-10,12,28-30H2,1H3. The number of phenols is 1. The third kappa shape index (κ3) is 11.4. The lowest BCUT2D eigenvalue weighted by Crippen LogP contribution is -2.11. The molecule has 0 aliphatic rings. The van der Waals surface area contributed by atoms with E-state index in [1.165, 1.54) is 11.8 Å². The molecule has 0 aliphatic heterocycles. The third-order valence-electron chi connectivity index (χ3n) is 7.90. The van der Waals surface area contributed by atoms with E-state index in [-0.39, 0.29) is 23.0 Å². The molecule has 5 aromatic carbocycles. The van der Waals surface area contributed by atoms with Crippen molar-refractivity contribution in [2.45, 2.75) is 59.8 Å². The second kappa shape index (κ2) is 19.0. The van der Waals surface area contributed by atoms with E-state index in [2.05, 4.69) is 18.8 Å². The van der Waals surface area contributed by atoms with E-state index in [0.717, 1.165) is 48.3 Å². The molecule has 7 nitrogen and oxygen atoms in total. The fourth-order valence-electron chi connectivity index (χ4n) is 5.20. The summed E-state index contributed by atoms with van der Waals surface area (Å²) in [5, 5.41) is 20.5. The minimum absolute atomic E-state index is 0.00585. The zero-order chi connectivity index (χ0) is 35.9. The first-order valence-electron chi connectivity index (χ1n) is 17.0. The molecule has 1 unspecified atom stereocenters. The van der Waals surface area contributed by atoms with Crippen LogP contribution in [0, 0.1) is 11.8 Å². The molecule has 0 bridgehead atoms. The summed E-state index contributed by atoms with van der Waals surface area (Å²) in [7, 11) is -4.26. The first kappa shape index (κ1) is 37.5. The van der Waals surface area contributed by atoms with Crippen LogP contribution in [-0.2, 0) is 21.3 Å². The number of phenolic OH excluding ortho intramolecular Hbond substituents is 1. The smallest absolute Gasteiger partial charge is 0.340 e. The van der Waals surface area contributed by atoms with Gasteiger partial charge in [-0.25, -0.2) is 0 Å². The second-order valence-electron chi connectivity index (χ2n) is 11.8. The number of ether oxygens (including phenoxy) is 2. The van der Waals surface area contributed by atoms with Gasteiger partial charge >= 0.3 is 10.1 Å². The van der Waals surface area contributed by atoms with Crippen LogP contribution in [0.2, 0.25) is 0 Å². The van der Waals surface area contributed by atoms with Gasteiger partial charge in [-0.1, -0.05) is 97.6 Å². The highest BCUT2D eigenvalue weighted by Crippen LogP contribution is 2.38. The molecule has 0 spiro atoms. The molecule has 0 aromatic heterocycles. The lowest BCUT2D eigenvalue weighted by Gasteiger charge is -2.16. The number of aliphatic hydroxyl groups is 1. The molecule has 0 saturated heterocycles. The highest BCUT2D eigenvalue weighted by atomic mass is 32.2. The summed E-state index contributed by atoms with van der Waals surface area (Å²) >= 11 is 1.31. The molecule has 9 heteroatoms. The van der Waals surface area contributed by atoms with Crippen LogP contribution in [0.4, 0.5) is 0 Å². The van der Waals surface area contributed by atoms with Crippen LogP contribution >= 0.6 is 11.8 Å². The molecule has 0 radical (unpaired) electrons. The third-order valence-corrected chi connectivity index (χ3v) is 10.4. The molecule has 264 valence electrons. The van der Waals surface area contributed by atoms with Crippen molar-refractivity contribution in [3.05, 3.63) is 132 Å². The van der Waals surface area contributed by atoms with Crippen LogP contribution in [0.1, 0.15) is 49.8 Å². The van der Waals surface area contributed by atoms with E-state index in [9.17, 15) is 18.6 Å². The van der Waals surface area contributed by atoms with Crippen LogP contribution in [0.5, 0.6) is 17.2 Å². The predicted molar refractivity (Wildman–Crippen MR) is 202 cm³/mol. The Morgan fingerprint density at radius 1 is 0.784 bits per heavy atom. The summed E-state index contributed by atoms with van der Waals surface area (Å²) < 4.78 is 44.7. The number of benzene rings is 5. The van der Waals surface area contributed by atoms with E-state index in [0.29, 0.717) is 34.8 Å². The summed E-state index contributed by atoms with van der Waals surface area (Å²) in [5.41, 5.74) is 2.95. The number of aromatic hydroxyl groups is 1. The fraction of sp³-hybridized carbons (Fsp3) is 0.238. The summed E-state index contributed by atoms with van der Waals surface area (Å²) in [4.78, 5) is 1.34. The Morgan fingerprint density at radius 2 is 1.53 bits per heavy atom. The maximum atomic E-state index is 13.8. The van der Waals surface area contributed by atoms with E-state index in [1.54, 1.807) is 60.7 Å². The fourth-order valence-corrected chi connectivity index (χ4v) is 7.49. The first-order valence-corrected chi connectivity index (χ1v) is 19.2. The van der Waals surface area contributed by atoms with Gasteiger partial charge in [0.2, 0.25) is 0 Å². The van der Waals surface area contributed by atoms with Crippen molar-refractivity contribution in [1.82, 2.24) is 0 Å². The number of rotatable bonds is 17. The number of hydrogen-bond acceptors (Lipinski definition) is 8. The Labute approximate surface area is 305 Å². The first-order chi connectivity index (χ1) is 24.8. The lowest BCUT2D eigenvalue weighted by molar-refractivity contribution is 0.162. The van der Waals surface area contributed by atoms with Crippen LogP contribution in [0.3, 0.4) is 0 Å². The molecule has 0 heterocycles. The van der Waals surface area contributed by atoms with E-state index in [1.807, 2.05) is 60.7 Å². The number of hydrogen-bond donors (Lipinski definition) is 2. The molecule has 5 rings (SSSR count). The van der Waals surface area contributed by atoms with Gasteiger partial charge in [0.1, 0.15) is 34.9 Å². The number of aliphatic hydroxyl groups excluding tert-OH is 1. The lowest BCUT2D eigenvalue weighted by atomic mass is 9.96. The summed E-state index contributed by atoms with van der Waals surface area (Å²) in [5.74, 6) is 7.01. The molecule has 0 aliphatic carbocycles. The highest BCUT2D eigenvalue weighted by Gasteiger charge is 2.24. The van der Waals surface area contributed by atoms with Crippen molar-refractivity contribution in [3.8, 4) is 40.2 Å². The quantitative estimate of drug-likeness (QED) is 0.0557. The van der Waals surface area contributed by atoms with Crippen molar-refractivity contribution in [2.75, 3.05) is 19.8 Å². The largest absolute Gasteiger partial charge is 0.508 e. The van der Waals surface area contributed by atoms with Gasteiger partial charge in [0, 0.05) is 22.0 Å². The zero-order valence-corrected chi connectivity index (χ0v) is 30.2. The van der Waals surface area contributed by atoms with Gasteiger partial charge in [-0.2, -0.15) is 8.42 Å². The molecule has 0 saturated carbocycles. The SMILES string of the molecule is CCCCOc1ccc(Sc2ccc(-c3ccccc3C(O)C#CCOCCCCc3ccc(O)cc3)cc2S(=O)(=O)Oc2ccccc2)cc1. The Morgan fingerprint density at radius 3 is 2.29 bits per heavy atom. The summed E-state index contributed by atoms with van der Waals surface area (Å²) in [6, 6.07) is 35.6. The highest BCUT2D eigenvalue weighted by molar-refractivity contribution is 8.00. The van der Waals surface area contributed by atoms with Crippen LogP contribution < -0.4 is 8.92 Å². The molecule has 0 fully saturated rings. The number of unbranched alkanes of at least 4 members (excludes halogenated alkanes) is 2. The van der Waals surface area contributed by atoms with Gasteiger partial charge in [-0.3, -0.25) is 0 Å². The summed E-state index contributed by atoms with van der Waals surface area (Å²) in [6.07, 6.45) is 3.60. The van der Waals surface area contributed by atoms with Gasteiger partial charge < -0.3 is 23.9 Å². The van der Waals surface area contributed by atoms with Crippen molar-refractivity contribution < 1.29 is 32.3 Å². The average molecular weight is 723 g/mol. The average Bonchev–Trinajstić information content (AvgIpc) is 3.14. The maximum Gasteiger partial charge on any atom is 0.340 e. The minimum Gasteiger partial charge on any atom is -0.508 e. The van der Waals surface area contributed by atoms with Gasteiger partial charge in [-0.15, -0.1) is 0 Å². The van der Waals surface area contributed by atoms with Crippen LogP contribution in [0.15, 0.2) is 136 Å². The van der Waals surface area contributed by atoms with Crippen molar-refractivity contribution >= 4 is 21.9 Å². The number of para-hydroxylation sites is 1. The Balaban J connectivity index is 1.31. The maximum absolute atomic E-state index is 13.8. The number of aryl methyl sites for hydroxylation is 1. The van der Waals surface area contributed by atoms with Crippen LogP contribution in [0.25, 0.3) is 11.1 Å².